The SMILES string of the molecule is CC(C)COc1ncccc1C(=O)[O-].[Na+]. The minimum Gasteiger partial charge on any atom is -0.545 e. The first kappa shape index (κ1) is 14.4. The fourth-order valence-corrected chi connectivity index (χ4v) is 0.907. The molecular formula is C10H12NNaO3. The van der Waals surface area contributed by atoms with Gasteiger partial charge < -0.3 is 14.6 Å². The molecule has 0 atom stereocenters. The Balaban J connectivity index is 0.00000196. The average molecular weight is 217 g/mol. The minimum absolute atomic E-state index is 0. The average Bonchev–Trinajstić information content (AvgIpc) is 2.15. The topological polar surface area (TPSA) is 62.2 Å². The van der Waals surface area contributed by atoms with Gasteiger partial charge in [0.15, 0.2) is 0 Å². The number of hydrogen-bond acceptors (Lipinski definition) is 4. The van der Waals surface area contributed by atoms with Crippen molar-refractivity contribution in [3.05, 3.63) is 23.9 Å². The summed E-state index contributed by atoms with van der Waals surface area (Å²) in [6.07, 6.45) is 1.49. The van der Waals surface area contributed by atoms with Gasteiger partial charge in [-0.2, -0.15) is 0 Å². The second-order valence-electron chi connectivity index (χ2n) is 3.35. The van der Waals surface area contributed by atoms with E-state index in [1.165, 1.54) is 18.3 Å². The van der Waals surface area contributed by atoms with Crippen LogP contribution in [-0.2, 0) is 0 Å². The van der Waals surface area contributed by atoms with E-state index >= 15 is 0 Å². The number of ether oxygens (including phenoxy) is 1. The van der Waals surface area contributed by atoms with Gasteiger partial charge in [0.1, 0.15) is 0 Å². The molecule has 5 heteroatoms. The van der Waals surface area contributed by atoms with Gasteiger partial charge in [-0.05, 0) is 18.1 Å². The first-order chi connectivity index (χ1) is 6.61. The quantitative estimate of drug-likeness (QED) is 0.522. The maximum Gasteiger partial charge on any atom is 1.00 e. The standard InChI is InChI=1S/C10H13NO3.Na/c1-7(2)6-14-9-8(10(12)13)4-3-5-11-9;/h3-5,7H,6H2,1-2H3,(H,12,13);/q;+1/p-1. The molecule has 0 aliphatic heterocycles. The van der Waals surface area contributed by atoms with E-state index in [0.29, 0.717) is 12.5 Å². The molecule has 0 spiro atoms. The van der Waals surface area contributed by atoms with Crippen molar-refractivity contribution in [3.8, 4) is 5.88 Å². The number of hydrogen-bond donors (Lipinski definition) is 0. The normalized spacial score (nSPS) is 9.53. The van der Waals surface area contributed by atoms with Crippen LogP contribution in [0.2, 0.25) is 0 Å². The van der Waals surface area contributed by atoms with Gasteiger partial charge in [0.2, 0.25) is 5.88 Å². The molecule has 0 bridgehead atoms. The van der Waals surface area contributed by atoms with Crippen molar-refractivity contribution in [1.82, 2.24) is 4.98 Å². The van der Waals surface area contributed by atoms with Gasteiger partial charge in [0.05, 0.1) is 18.1 Å². The van der Waals surface area contributed by atoms with Crippen LogP contribution in [0.3, 0.4) is 0 Å². The van der Waals surface area contributed by atoms with Crippen molar-refractivity contribution in [3.63, 3.8) is 0 Å². The Morgan fingerprint density at radius 2 is 2.27 bits per heavy atom. The summed E-state index contributed by atoms with van der Waals surface area (Å²) in [7, 11) is 0. The molecule has 0 saturated carbocycles. The molecule has 4 nitrogen and oxygen atoms in total. The van der Waals surface area contributed by atoms with Gasteiger partial charge >= 0.3 is 29.6 Å². The maximum absolute atomic E-state index is 10.6. The van der Waals surface area contributed by atoms with Gasteiger partial charge in [-0.25, -0.2) is 4.98 Å². The zero-order chi connectivity index (χ0) is 10.6. The summed E-state index contributed by atoms with van der Waals surface area (Å²) in [5.41, 5.74) is -0.00634. The van der Waals surface area contributed by atoms with Gasteiger partial charge in [-0.1, -0.05) is 13.8 Å². The number of aromatic carboxylic acids is 1. The van der Waals surface area contributed by atoms with E-state index in [-0.39, 0.29) is 41.0 Å². The summed E-state index contributed by atoms with van der Waals surface area (Å²) in [4.78, 5) is 14.5. The molecule has 0 unspecified atom stereocenters. The molecule has 1 heterocycles. The number of carboxylic acids is 1. The summed E-state index contributed by atoms with van der Waals surface area (Å²) in [6, 6.07) is 2.95. The van der Waals surface area contributed by atoms with Crippen LogP contribution in [0.4, 0.5) is 0 Å². The van der Waals surface area contributed by atoms with Gasteiger partial charge in [-0.15, -0.1) is 0 Å². The van der Waals surface area contributed by atoms with E-state index in [1.54, 1.807) is 0 Å². The third-order valence-corrected chi connectivity index (χ3v) is 1.54. The van der Waals surface area contributed by atoms with Gasteiger partial charge in [-0.3, -0.25) is 0 Å². The van der Waals surface area contributed by atoms with Crippen LogP contribution in [0.15, 0.2) is 18.3 Å². The van der Waals surface area contributed by atoms with Gasteiger partial charge in [0.25, 0.3) is 0 Å². The molecule has 0 radical (unpaired) electrons. The second kappa shape index (κ2) is 6.82. The van der Waals surface area contributed by atoms with E-state index in [2.05, 4.69) is 4.98 Å². The van der Waals surface area contributed by atoms with Gasteiger partial charge in [0, 0.05) is 6.20 Å². The molecule has 0 amide bonds. The number of carboxylic acid groups (broad SMARTS) is 1. The molecule has 0 saturated heterocycles. The summed E-state index contributed by atoms with van der Waals surface area (Å²) >= 11 is 0. The Bertz CT molecular complexity index is 328. The van der Waals surface area contributed by atoms with Crippen LogP contribution in [0, 0.1) is 5.92 Å². The van der Waals surface area contributed by atoms with E-state index in [0.717, 1.165) is 0 Å². The molecule has 0 aliphatic carbocycles. The van der Waals surface area contributed by atoms with E-state index in [1.807, 2.05) is 13.8 Å². The number of pyridine rings is 1. The zero-order valence-electron chi connectivity index (χ0n) is 9.19. The van der Waals surface area contributed by atoms with Crippen LogP contribution < -0.4 is 39.4 Å². The molecule has 0 aromatic carbocycles. The molecular weight excluding hydrogens is 205 g/mol. The number of nitrogens with zero attached hydrogens (tertiary/aromatic N) is 1. The Kier molecular flexibility index (Phi) is 6.56. The smallest absolute Gasteiger partial charge is 0.545 e. The predicted octanol–water partition coefficient (Wildman–Crippen LogP) is -2.52. The van der Waals surface area contributed by atoms with Crippen LogP contribution in [0.5, 0.6) is 5.88 Å². The Morgan fingerprint density at radius 1 is 1.60 bits per heavy atom. The third kappa shape index (κ3) is 4.64. The van der Waals surface area contributed by atoms with Crippen molar-refractivity contribution in [2.45, 2.75) is 13.8 Å². The number of carbonyl (C=O) groups is 1. The Hall–Kier alpha value is -0.580. The van der Waals surface area contributed by atoms with Crippen molar-refractivity contribution in [1.29, 1.82) is 0 Å². The summed E-state index contributed by atoms with van der Waals surface area (Å²) in [5.74, 6) is -0.815. The number of rotatable bonds is 4. The van der Waals surface area contributed by atoms with Crippen LogP contribution >= 0.6 is 0 Å². The predicted molar refractivity (Wildman–Crippen MR) is 48.9 cm³/mol. The fraction of sp³-hybridized carbons (Fsp3) is 0.400. The second-order valence-corrected chi connectivity index (χ2v) is 3.35. The monoisotopic (exact) mass is 217 g/mol. The Morgan fingerprint density at radius 3 is 2.80 bits per heavy atom. The minimum atomic E-state index is -1.27. The molecule has 76 valence electrons. The van der Waals surface area contributed by atoms with Crippen molar-refractivity contribution in [2.75, 3.05) is 6.61 Å². The van der Waals surface area contributed by atoms with Crippen LogP contribution in [0.25, 0.3) is 0 Å². The van der Waals surface area contributed by atoms with E-state index in [9.17, 15) is 9.90 Å². The largest absolute Gasteiger partial charge is 1.00 e. The summed E-state index contributed by atoms with van der Waals surface area (Å²) in [5, 5.41) is 10.6. The van der Waals surface area contributed by atoms with Crippen molar-refractivity contribution in [2.24, 2.45) is 5.92 Å². The first-order valence-corrected chi connectivity index (χ1v) is 4.40. The Labute approximate surface area is 111 Å². The molecule has 1 rings (SSSR count). The first-order valence-electron chi connectivity index (χ1n) is 4.40. The van der Waals surface area contributed by atoms with Crippen molar-refractivity contribution < 1.29 is 44.2 Å². The third-order valence-electron chi connectivity index (χ3n) is 1.54. The molecule has 0 fully saturated rings. The molecule has 1 aromatic rings. The zero-order valence-corrected chi connectivity index (χ0v) is 11.2. The maximum atomic E-state index is 10.6. The van der Waals surface area contributed by atoms with Crippen LogP contribution in [-0.4, -0.2) is 17.6 Å². The van der Waals surface area contributed by atoms with Crippen LogP contribution in [0.1, 0.15) is 24.2 Å². The number of carbonyl (C=O) groups excluding carboxylic acids is 1. The molecule has 0 N–H and O–H groups in total. The van der Waals surface area contributed by atoms with E-state index in [4.69, 9.17) is 4.74 Å². The summed E-state index contributed by atoms with van der Waals surface area (Å²) in [6.45, 7) is 4.39. The number of aromatic nitrogens is 1. The summed E-state index contributed by atoms with van der Waals surface area (Å²) < 4.78 is 5.23. The molecule has 15 heavy (non-hydrogen) atoms. The van der Waals surface area contributed by atoms with E-state index < -0.39 is 5.97 Å². The van der Waals surface area contributed by atoms with Crippen molar-refractivity contribution >= 4 is 5.97 Å². The molecule has 1 aromatic heterocycles. The fourth-order valence-electron chi connectivity index (χ4n) is 0.907. The molecule has 0 aliphatic rings.